The highest BCUT2D eigenvalue weighted by atomic mass is 32.3. The van der Waals surface area contributed by atoms with Crippen molar-refractivity contribution < 1.29 is 17.0 Å². The molecule has 88 valence electrons. The molecule has 1 aromatic carbocycles. The fourth-order valence-electron chi connectivity index (χ4n) is 1.93. The standard InChI is InChI=1S/C10H12FNO3S/c1-15-10-4-2-3-8-7-12(16(11,13)14)6-5-9(8)10/h2-4H,5-7H2,1H3. The summed E-state index contributed by atoms with van der Waals surface area (Å²) in [6.07, 6.45) is 0.475. The predicted molar refractivity (Wildman–Crippen MR) is 57.1 cm³/mol. The molecule has 0 saturated heterocycles. The topological polar surface area (TPSA) is 46.6 Å². The summed E-state index contributed by atoms with van der Waals surface area (Å²) in [5, 5.41) is 0. The lowest BCUT2D eigenvalue weighted by atomic mass is 10.0. The van der Waals surface area contributed by atoms with Crippen LogP contribution in [-0.4, -0.2) is 26.4 Å². The fraction of sp³-hybridized carbons (Fsp3) is 0.400. The number of nitrogens with zero attached hydrogens (tertiary/aromatic N) is 1. The molecular weight excluding hydrogens is 233 g/mol. The van der Waals surface area contributed by atoms with E-state index in [4.69, 9.17) is 4.74 Å². The Labute approximate surface area is 94.0 Å². The minimum atomic E-state index is -4.60. The van der Waals surface area contributed by atoms with Gasteiger partial charge in [-0.05, 0) is 23.6 Å². The van der Waals surface area contributed by atoms with E-state index in [1.54, 1.807) is 19.2 Å². The zero-order valence-corrected chi connectivity index (χ0v) is 9.63. The van der Waals surface area contributed by atoms with E-state index in [0.717, 1.165) is 21.2 Å². The van der Waals surface area contributed by atoms with E-state index in [-0.39, 0.29) is 13.1 Å². The van der Waals surface area contributed by atoms with Gasteiger partial charge in [-0.15, -0.1) is 0 Å². The molecule has 1 aliphatic heterocycles. The van der Waals surface area contributed by atoms with Crippen LogP contribution in [0.25, 0.3) is 0 Å². The number of fused-ring (bicyclic) bond motifs is 1. The molecule has 16 heavy (non-hydrogen) atoms. The molecule has 0 atom stereocenters. The van der Waals surface area contributed by atoms with E-state index in [9.17, 15) is 12.3 Å². The van der Waals surface area contributed by atoms with Crippen molar-refractivity contribution in [1.29, 1.82) is 0 Å². The highest BCUT2D eigenvalue weighted by molar-refractivity contribution is 7.83. The molecule has 0 aromatic heterocycles. The number of methoxy groups -OCH3 is 1. The number of hydrogen-bond donors (Lipinski definition) is 0. The first-order valence-corrected chi connectivity index (χ1v) is 6.21. The van der Waals surface area contributed by atoms with Gasteiger partial charge in [-0.2, -0.15) is 12.7 Å². The van der Waals surface area contributed by atoms with Gasteiger partial charge >= 0.3 is 10.4 Å². The molecule has 0 fully saturated rings. The Morgan fingerprint density at radius 3 is 2.81 bits per heavy atom. The average Bonchev–Trinajstić information content (AvgIpc) is 2.26. The number of hydrogen-bond acceptors (Lipinski definition) is 3. The highest BCUT2D eigenvalue weighted by Gasteiger charge is 2.27. The predicted octanol–water partition coefficient (Wildman–Crippen LogP) is 1.27. The minimum Gasteiger partial charge on any atom is -0.496 e. The number of rotatable bonds is 2. The Morgan fingerprint density at radius 1 is 1.44 bits per heavy atom. The quantitative estimate of drug-likeness (QED) is 0.737. The second-order valence-electron chi connectivity index (χ2n) is 3.62. The van der Waals surface area contributed by atoms with Gasteiger partial charge in [0.1, 0.15) is 5.75 Å². The first-order valence-electron chi connectivity index (χ1n) is 4.87. The Bertz CT molecular complexity index is 501. The summed E-state index contributed by atoms with van der Waals surface area (Å²) in [7, 11) is -3.03. The smallest absolute Gasteiger partial charge is 0.375 e. The summed E-state index contributed by atoms with van der Waals surface area (Å²) in [6, 6.07) is 5.37. The number of halogens is 1. The molecule has 6 heteroatoms. The molecule has 0 saturated carbocycles. The van der Waals surface area contributed by atoms with Crippen molar-refractivity contribution in [3.05, 3.63) is 29.3 Å². The molecular formula is C10H12FNO3S. The van der Waals surface area contributed by atoms with E-state index >= 15 is 0 Å². The molecule has 2 rings (SSSR count). The van der Waals surface area contributed by atoms with Crippen molar-refractivity contribution in [2.45, 2.75) is 13.0 Å². The first kappa shape index (κ1) is 11.3. The molecule has 1 aliphatic rings. The summed E-state index contributed by atoms with van der Waals surface area (Å²) in [4.78, 5) is 0. The van der Waals surface area contributed by atoms with Gasteiger partial charge in [0.2, 0.25) is 0 Å². The Kier molecular flexibility index (Phi) is 2.86. The van der Waals surface area contributed by atoms with Gasteiger partial charge in [0, 0.05) is 13.1 Å². The second-order valence-corrected chi connectivity index (χ2v) is 4.96. The summed E-state index contributed by atoms with van der Waals surface area (Å²) in [6.45, 7) is 0.234. The molecule has 0 radical (unpaired) electrons. The Balaban J connectivity index is 2.35. The molecule has 4 nitrogen and oxygen atoms in total. The SMILES string of the molecule is COc1cccc2c1CCN(S(=O)(=O)F)C2. The molecule has 1 aromatic rings. The van der Waals surface area contributed by atoms with Gasteiger partial charge < -0.3 is 4.74 Å². The van der Waals surface area contributed by atoms with Crippen molar-refractivity contribution in [2.24, 2.45) is 0 Å². The van der Waals surface area contributed by atoms with E-state index < -0.39 is 10.4 Å². The van der Waals surface area contributed by atoms with Crippen LogP contribution in [0.5, 0.6) is 5.75 Å². The van der Waals surface area contributed by atoms with E-state index in [1.807, 2.05) is 6.07 Å². The van der Waals surface area contributed by atoms with Gasteiger partial charge in [-0.25, -0.2) is 0 Å². The fourth-order valence-corrected chi connectivity index (χ4v) is 2.53. The average molecular weight is 245 g/mol. The van der Waals surface area contributed by atoms with Crippen LogP contribution in [0.15, 0.2) is 18.2 Å². The summed E-state index contributed by atoms with van der Waals surface area (Å²) in [5.74, 6) is 0.730. The normalized spacial score (nSPS) is 16.9. The van der Waals surface area contributed by atoms with Crippen LogP contribution in [0, 0.1) is 0 Å². The van der Waals surface area contributed by atoms with Gasteiger partial charge in [-0.1, -0.05) is 16.0 Å². The third kappa shape index (κ3) is 2.03. The molecule has 0 N–H and O–H groups in total. The van der Waals surface area contributed by atoms with Crippen LogP contribution in [0.3, 0.4) is 0 Å². The van der Waals surface area contributed by atoms with Gasteiger partial charge in [-0.3, -0.25) is 0 Å². The largest absolute Gasteiger partial charge is 0.496 e. The lowest BCUT2D eigenvalue weighted by Crippen LogP contribution is -2.33. The van der Waals surface area contributed by atoms with Crippen LogP contribution >= 0.6 is 0 Å². The lowest BCUT2D eigenvalue weighted by molar-refractivity contribution is 0.354. The van der Waals surface area contributed by atoms with Crippen molar-refractivity contribution in [3.8, 4) is 5.75 Å². The molecule has 0 unspecified atom stereocenters. The highest BCUT2D eigenvalue weighted by Crippen LogP contribution is 2.28. The van der Waals surface area contributed by atoms with Gasteiger partial charge in [0.25, 0.3) is 0 Å². The molecule has 0 bridgehead atoms. The number of ether oxygens (including phenoxy) is 1. The maximum atomic E-state index is 12.8. The zero-order chi connectivity index (χ0) is 11.8. The van der Waals surface area contributed by atoms with Crippen LogP contribution in [-0.2, 0) is 23.4 Å². The zero-order valence-electron chi connectivity index (χ0n) is 8.81. The van der Waals surface area contributed by atoms with Crippen molar-refractivity contribution >= 4 is 10.4 Å². The molecule has 0 spiro atoms. The molecule has 1 heterocycles. The van der Waals surface area contributed by atoms with E-state index in [0.29, 0.717) is 6.42 Å². The minimum absolute atomic E-state index is 0.0748. The van der Waals surface area contributed by atoms with Gasteiger partial charge in [0.05, 0.1) is 7.11 Å². The van der Waals surface area contributed by atoms with E-state index in [1.165, 1.54) is 0 Å². The summed E-state index contributed by atoms with van der Waals surface area (Å²) in [5.41, 5.74) is 1.76. The van der Waals surface area contributed by atoms with E-state index in [2.05, 4.69) is 0 Å². The maximum Gasteiger partial charge on any atom is 0.375 e. The summed E-state index contributed by atoms with van der Waals surface area (Å²) < 4.78 is 40.4. The van der Waals surface area contributed by atoms with Crippen molar-refractivity contribution in [3.63, 3.8) is 0 Å². The maximum absolute atomic E-state index is 12.8. The summed E-state index contributed by atoms with van der Waals surface area (Å²) >= 11 is 0. The third-order valence-corrected chi connectivity index (χ3v) is 3.64. The number of benzene rings is 1. The Morgan fingerprint density at radius 2 is 2.19 bits per heavy atom. The lowest BCUT2D eigenvalue weighted by Gasteiger charge is -2.25. The Hall–Kier alpha value is -1.14. The van der Waals surface area contributed by atoms with Crippen LogP contribution in [0.1, 0.15) is 11.1 Å². The van der Waals surface area contributed by atoms with Crippen molar-refractivity contribution in [2.75, 3.05) is 13.7 Å². The van der Waals surface area contributed by atoms with Crippen LogP contribution in [0.4, 0.5) is 3.89 Å². The van der Waals surface area contributed by atoms with Gasteiger partial charge in [0.15, 0.2) is 0 Å². The van der Waals surface area contributed by atoms with Crippen LogP contribution in [0.2, 0.25) is 0 Å². The van der Waals surface area contributed by atoms with Crippen LogP contribution < -0.4 is 4.74 Å². The third-order valence-electron chi connectivity index (χ3n) is 2.72. The monoisotopic (exact) mass is 245 g/mol. The second kappa shape index (κ2) is 4.03. The van der Waals surface area contributed by atoms with Crippen molar-refractivity contribution in [1.82, 2.24) is 4.31 Å². The molecule has 0 amide bonds. The molecule has 0 aliphatic carbocycles. The first-order chi connectivity index (χ1) is 7.52.